The largest absolute Gasteiger partial charge is 0.454 e. The Balaban J connectivity index is 1.49. The van der Waals surface area contributed by atoms with Gasteiger partial charge < -0.3 is 19.4 Å². The number of nitrogens with zero attached hydrogens (tertiary/aromatic N) is 2. The van der Waals surface area contributed by atoms with E-state index in [-0.39, 0.29) is 12.7 Å². The number of thioether (sulfide) groups is 1. The highest BCUT2D eigenvalue weighted by molar-refractivity contribution is 7.99. The Labute approximate surface area is 126 Å². The molecule has 3 rings (SSSR count). The summed E-state index contributed by atoms with van der Waals surface area (Å²) in [5.74, 6) is 2.02. The summed E-state index contributed by atoms with van der Waals surface area (Å²) >= 11 is 1.56. The first-order valence-corrected chi connectivity index (χ1v) is 7.50. The molecule has 6 nitrogen and oxygen atoms in total. The van der Waals surface area contributed by atoms with Gasteiger partial charge in [-0.2, -0.15) is 0 Å². The first-order valence-electron chi connectivity index (χ1n) is 6.52. The standard InChI is InChI=1S/C14H15N3O3S/c1-17-6-5-15-14(17)21-7-4-13(18)16-10-2-3-11-12(8-10)20-9-19-11/h2-3,5-6,8H,4,7,9H2,1H3,(H,16,18). The number of fused-ring (bicyclic) bond motifs is 1. The summed E-state index contributed by atoms with van der Waals surface area (Å²) in [7, 11) is 1.93. The predicted octanol–water partition coefficient (Wildman–Crippen LogP) is 2.27. The molecule has 0 fully saturated rings. The van der Waals surface area contributed by atoms with Crippen molar-refractivity contribution in [2.24, 2.45) is 7.05 Å². The Bertz CT molecular complexity index is 657. The first-order chi connectivity index (χ1) is 10.2. The highest BCUT2D eigenvalue weighted by Crippen LogP contribution is 2.34. The quantitative estimate of drug-likeness (QED) is 0.858. The Morgan fingerprint density at radius 1 is 1.43 bits per heavy atom. The van der Waals surface area contributed by atoms with E-state index in [1.807, 2.05) is 17.8 Å². The van der Waals surface area contributed by atoms with Crippen LogP contribution in [0.3, 0.4) is 0 Å². The smallest absolute Gasteiger partial charge is 0.231 e. The molecule has 1 N–H and O–H groups in total. The van der Waals surface area contributed by atoms with E-state index >= 15 is 0 Å². The lowest BCUT2D eigenvalue weighted by Gasteiger charge is -2.06. The van der Waals surface area contributed by atoms with Crippen molar-refractivity contribution >= 4 is 23.4 Å². The van der Waals surface area contributed by atoms with Crippen LogP contribution in [0.2, 0.25) is 0 Å². The minimum Gasteiger partial charge on any atom is -0.454 e. The van der Waals surface area contributed by atoms with Gasteiger partial charge in [-0.3, -0.25) is 4.79 Å². The molecule has 0 atom stereocenters. The van der Waals surface area contributed by atoms with Crippen LogP contribution in [-0.2, 0) is 11.8 Å². The molecule has 0 aliphatic carbocycles. The molecule has 1 amide bonds. The Morgan fingerprint density at radius 3 is 3.10 bits per heavy atom. The van der Waals surface area contributed by atoms with Crippen LogP contribution in [0.5, 0.6) is 11.5 Å². The second-order valence-corrected chi connectivity index (χ2v) is 5.60. The third-order valence-electron chi connectivity index (χ3n) is 2.99. The van der Waals surface area contributed by atoms with Crippen molar-refractivity contribution in [1.29, 1.82) is 0 Å². The molecule has 0 unspecified atom stereocenters. The lowest BCUT2D eigenvalue weighted by molar-refractivity contribution is -0.115. The molecule has 110 valence electrons. The fraction of sp³-hybridized carbons (Fsp3) is 0.286. The summed E-state index contributed by atoms with van der Waals surface area (Å²) in [6.07, 6.45) is 4.05. The maximum atomic E-state index is 11.9. The lowest BCUT2D eigenvalue weighted by Crippen LogP contribution is -2.12. The average Bonchev–Trinajstić information content (AvgIpc) is 3.07. The molecule has 0 saturated heterocycles. The summed E-state index contributed by atoms with van der Waals surface area (Å²) in [5.41, 5.74) is 0.714. The second-order valence-electron chi connectivity index (χ2n) is 4.54. The van der Waals surface area contributed by atoms with Crippen molar-refractivity contribution in [3.8, 4) is 11.5 Å². The third kappa shape index (κ3) is 3.30. The number of anilines is 1. The fourth-order valence-electron chi connectivity index (χ4n) is 1.92. The predicted molar refractivity (Wildman–Crippen MR) is 79.7 cm³/mol. The van der Waals surface area contributed by atoms with Gasteiger partial charge in [0.2, 0.25) is 12.7 Å². The van der Waals surface area contributed by atoms with Crippen LogP contribution in [0, 0.1) is 0 Å². The van der Waals surface area contributed by atoms with E-state index in [2.05, 4.69) is 10.3 Å². The summed E-state index contributed by atoms with van der Waals surface area (Å²) < 4.78 is 12.4. The molecule has 0 radical (unpaired) electrons. The van der Waals surface area contributed by atoms with E-state index < -0.39 is 0 Å². The van der Waals surface area contributed by atoms with Gasteiger partial charge in [0.25, 0.3) is 0 Å². The molecular weight excluding hydrogens is 290 g/mol. The van der Waals surface area contributed by atoms with E-state index in [1.54, 1.807) is 36.2 Å². The van der Waals surface area contributed by atoms with E-state index in [4.69, 9.17) is 9.47 Å². The number of amides is 1. The number of nitrogens with one attached hydrogen (secondary N) is 1. The summed E-state index contributed by atoms with van der Waals surface area (Å²) in [4.78, 5) is 16.1. The molecular formula is C14H15N3O3S. The van der Waals surface area contributed by atoms with Gasteiger partial charge in [0, 0.05) is 43.4 Å². The molecule has 0 saturated carbocycles. The average molecular weight is 305 g/mol. The normalized spacial score (nSPS) is 12.4. The molecule has 1 aliphatic heterocycles. The van der Waals surface area contributed by atoms with E-state index in [1.165, 1.54) is 0 Å². The van der Waals surface area contributed by atoms with Crippen molar-refractivity contribution in [2.45, 2.75) is 11.6 Å². The van der Waals surface area contributed by atoms with E-state index in [9.17, 15) is 4.79 Å². The topological polar surface area (TPSA) is 65.4 Å². The number of rotatable bonds is 5. The summed E-state index contributed by atoms with van der Waals surface area (Å²) in [5, 5.41) is 3.76. The van der Waals surface area contributed by atoms with Gasteiger partial charge >= 0.3 is 0 Å². The van der Waals surface area contributed by atoms with Gasteiger partial charge in [0.15, 0.2) is 16.7 Å². The zero-order valence-electron chi connectivity index (χ0n) is 11.5. The highest BCUT2D eigenvalue weighted by atomic mass is 32.2. The zero-order chi connectivity index (χ0) is 14.7. The molecule has 1 aromatic carbocycles. The monoisotopic (exact) mass is 305 g/mol. The van der Waals surface area contributed by atoms with Crippen molar-refractivity contribution in [3.63, 3.8) is 0 Å². The van der Waals surface area contributed by atoms with Crippen molar-refractivity contribution in [3.05, 3.63) is 30.6 Å². The Kier molecular flexibility index (Phi) is 4.01. The second kappa shape index (κ2) is 6.09. The van der Waals surface area contributed by atoms with E-state index in [0.29, 0.717) is 29.4 Å². The van der Waals surface area contributed by atoms with Crippen molar-refractivity contribution in [1.82, 2.24) is 9.55 Å². The van der Waals surface area contributed by atoms with Crippen LogP contribution >= 0.6 is 11.8 Å². The van der Waals surface area contributed by atoms with Gasteiger partial charge in [-0.15, -0.1) is 0 Å². The summed E-state index contributed by atoms with van der Waals surface area (Å²) in [6.45, 7) is 0.229. The van der Waals surface area contributed by atoms with E-state index in [0.717, 1.165) is 5.16 Å². The van der Waals surface area contributed by atoms with Crippen LogP contribution in [0.4, 0.5) is 5.69 Å². The van der Waals surface area contributed by atoms with Crippen molar-refractivity contribution < 1.29 is 14.3 Å². The molecule has 21 heavy (non-hydrogen) atoms. The molecule has 0 spiro atoms. The molecule has 2 aromatic rings. The number of aryl methyl sites for hydroxylation is 1. The van der Waals surface area contributed by atoms with Gasteiger partial charge in [-0.1, -0.05) is 11.8 Å². The van der Waals surface area contributed by atoms with Crippen LogP contribution in [0.25, 0.3) is 0 Å². The highest BCUT2D eigenvalue weighted by Gasteiger charge is 2.14. The maximum Gasteiger partial charge on any atom is 0.231 e. The van der Waals surface area contributed by atoms with Crippen LogP contribution in [0.15, 0.2) is 35.7 Å². The maximum absolute atomic E-state index is 11.9. The van der Waals surface area contributed by atoms with Crippen molar-refractivity contribution in [2.75, 3.05) is 17.9 Å². The lowest BCUT2D eigenvalue weighted by atomic mass is 10.2. The number of aromatic nitrogens is 2. The van der Waals surface area contributed by atoms with Gasteiger partial charge in [0.1, 0.15) is 0 Å². The number of hydrogen-bond acceptors (Lipinski definition) is 5. The fourth-order valence-corrected chi connectivity index (χ4v) is 2.79. The number of carbonyl (C=O) groups is 1. The third-order valence-corrected chi connectivity index (χ3v) is 4.05. The minimum atomic E-state index is -0.0319. The van der Waals surface area contributed by atoms with Gasteiger partial charge in [-0.05, 0) is 12.1 Å². The minimum absolute atomic E-state index is 0.0319. The number of ether oxygens (including phenoxy) is 2. The van der Waals surface area contributed by atoms with Crippen LogP contribution in [-0.4, -0.2) is 28.0 Å². The number of hydrogen-bond donors (Lipinski definition) is 1. The van der Waals surface area contributed by atoms with Gasteiger partial charge in [0.05, 0.1) is 0 Å². The molecule has 7 heteroatoms. The first kappa shape index (κ1) is 13.8. The van der Waals surface area contributed by atoms with Gasteiger partial charge in [-0.25, -0.2) is 4.98 Å². The summed E-state index contributed by atoms with van der Waals surface area (Å²) in [6, 6.07) is 5.37. The molecule has 2 heterocycles. The number of imidazole rings is 1. The molecule has 1 aromatic heterocycles. The molecule has 1 aliphatic rings. The zero-order valence-corrected chi connectivity index (χ0v) is 12.4. The number of benzene rings is 1. The van der Waals surface area contributed by atoms with Crippen LogP contribution < -0.4 is 14.8 Å². The Morgan fingerprint density at radius 2 is 2.29 bits per heavy atom. The van der Waals surface area contributed by atoms with Crippen LogP contribution in [0.1, 0.15) is 6.42 Å². The Hall–Kier alpha value is -2.15. The number of carbonyl (C=O) groups excluding carboxylic acids is 1. The molecule has 0 bridgehead atoms. The SMILES string of the molecule is Cn1ccnc1SCCC(=O)Nc1ccc2c(c1)OCO2.